The second-order valence-corrected chi connectivity index (χ2v) is 6.36. The first kappa shape index (κ1) is 18.5. The number of nitrogens with zero attached hydrogens (tertiary/aromatic N) is 1. The van der Waals surface area contributed by atoms with Crippen molar-refractivity contribution in [1.29, 1.82) is 5.26 Å². The first-order chi connectivity index (χ1) is 13.1. The second kappa shape index (κ2) is 8.39. The molecule has 3 aromatic rings. The molecule has 2 aromatic carbocycles. The zero-order valence-electron chi connectivity index (χ0n) is 14.6. The maximum Gasteiger partial charge on any atom is 0.262 e. The van der Waals surface area contributed by atoms with Gasteiger partial charge in [0.15, 0.2) is 0 Å². The van der Waals surface area contributed by atoms with Gasteiger partial charge < -0.3 is 9.73 Å². The van der Waals surface area contributed by atoms with Gasteiger partial charge in [-0.05, 0) is 36.8 Å². The number of carbonyl (C=O) groups excluding carboxylic acids is 1. The highest BCUT2D eigenvalue weighted by atomic mass is 35.5. The molecule has 0 saturated heterocycles. The summed E-state index contributed by atoms with van der Waals surface area (Å²) in [5, 5.41) is 12.8. The van der Waals surface area contributed by atoms with Gasteiger partial charge in [-0.15, -0.1) is 0 Å². The first-order valence-corrected chi connectivity index (χ1v) is 8.78. The molecule has 1 unspecified atom stereocenters. The second-order valence-electron chi connectivity index (χ2n) is 5.96. The van der Waals surface area contributed by atoms with Gasteiger partial charge in [-0.3, -0.25) is 4.79 Å². The molecule has 134 valence electrons. The van der Waals surface area contributed by atoms with E-state index in [1.165, 1.54) is 6.08 Å². The zero-order valence-corrected chi connectivity index (χ0v) is 15.4. The number of carbonyl (C=O) groups is 1. The SMILES string of the molecule is CC(NC(=O)/C(C#N)=C/c1ccc(-c2ccccc2Cl)o1)c1ccccc1. The fraction of sp³-hybridized carbons (Fsp3) is 0.0909. The largest absolute Gasteiger partial charge is 0.457 e. The number of rotatable bonds is 5. The normalized spacial score (nSPS) is 12.3. The predicted octanol–water partition coefficient (Wildman–Crippen LogP) is 5.38. The summed E-state index contributed by atoms with van der Waals surface area (Å²) in [7, 11) is 0. The molecule has 0 bridgehead atoms. The summed E-state index contributed by atoms with van der Waals surface area (Å²) in [6.07, 6.45) is 1.42. The summed E-state index contributed by atoms with van der Waals surface area (Å²) < 4.78 is 5.73. The van der Waals surface area contributed by atoms with Crippen molar-refractivity contribution in [3.63, 3.8) is 0 Å². The van der Waals surface area contributed by atoms with E-state index in [2.05, 4.69) is 5.32 Å². The van der Waals surface area contributed by atoms with Gasteiger partial charge in [-0.2, -0.15) is 5.26 Å². The lowest BCUT2D eigenvalue weighted by Crippen LogP contribution is -2.27. The van der Waals surface area contributed by atoms with Gasteiger partial charge in [-0.25, -0.2) is 0 Å². The Morgan fingerprint density at radius 1 is 1.11 bits per heavy atom. The molecular weight excluding hydrogens is 360 g/mol. The highest BCUT2D eigenvalue weighted by Crippen LogP contribution is 2.29. The number of hydrogen-bond donors (Lipinski definition) is 1. The van der Waals surface area contributed by atoms with Crippen molar-refractivity contribution in [2.24, 2.45) is 0 Å². The highest BCUT2D eigenvalue weighted by Gasteiger charge is 2.15. The minimum Gasteiger partial charge on any atom is -0.457 e. The molecule has 3 rings (SSSR count). The van der Waals surface area contributed by atoms with Crippen LogP contribution in [0.4, 0.5) is 0 Å². The average molecular weight is 377 g/mol. The molecular formula is C22H17ClN2O2. The Kier molecular flexibility index (Phi) is 5.75. The topological polar surface area (TPSA) is 66.0 Å². The standard InChI is InChI=1S/C22H17ClN2O2/c1-15(16-7-3-2-4-8-16)25-22(26)17(14-24)13-18-11-12-21(27-18)19-9-5-6-10-20(19)23/h2-13,15H,1H3,(H,25,26)/b17-13+. The number of halogens is 1. The molecule has 27 heavy (non-hydrogen) atoms. The molecule has 0 aliphatic carbocycles. The molecule has 1 amide bonds. The predicted molar refractivity (Wildman–Crippen MR) is 106 cm³/mol. The molecule has 1 aromatic heterocycles. The molecule has 5 heteroatoms. The smallest absolute Gasteiger partial charge is 0.262 e. The van der Waals surface area contributed by atoms with Crippen LogP contribution in [0.25, 0.3) is 17.4 Å². The Morgan fingerprint density at radius 3 is 2.52 bits per heavy atom. The van der Waals surface area contributed by atoms with E-state index in [9.17, 15) is 10.1 Å². The van der Waals surface area contributed by atoms with E-state index in [4.69, 9.17) is 16.0 Å². The number of hydrogen-bond acceptors (Lipinski definition) is 3. The third-order valence-corrected chi connectivity index (χ3v) is 4.39. The Bertz CT molecular complexity index is 1020. The van der Waals surface area contributed by atoms with E-state index in [1.54, 1.807) is 18.2 Å². The van der Waals surface area contributed by atoms with E-state index >= 15 is 0 Å². The maximum absolute atomic E-state index is 12.4. The van der Waals surface area contributed by atoms with Crippen LogP contribution in [0.2, 0.25) is 5.02 Å². The van der Waals surface area contributed by atoms with Crippen molar-refractivity contribution in [2.75, 3.05) is 0 Å². The lowest BCUT2D eigenvalue weighted by Gasteiger charge is -2.13. The summed E-state index contributed by atoms with van der Waals surface area (Å²) in [5.74, 6) is 0.524. The minimum atomic E-state index is -0.454. The van der Waals surface area contributed by atoms with Gasteiger partial charge >= 0.3 is 0 Å². The third-order valence-electron chi connectivity index (χ3n) is 4.06. The molecule has 4 nitrogen and oxygen atoms in total. The van der Waals surface area contributed by atoms with Crippen molar-refractivity contribution < 1.29 is 9.21 Å². The van der Waals surface area contributed by atoms with Gasteiger partial charge in [0.2, 0.25) is 0 Å². The van der Waals surface area contributed by atoms with Gasteiger partial charge in [0.05, 0.1) is 11.1 Å². The van der Waals surface area contributed by atoms with E-state index in [0.717, 1.165) is 11.1 Å². The van der Waals surface area contributed by atoms with Crippen molar-refractivity contribution in [1.82, 2.24) is 5.32 Å². The van der Waals surface area contributed by atoms with Crippen molar-refractivity contribution >= 4 is 23.6 Å². The molecule has 1 atom stereocenters. The van der Waals surface area contributed by atoms with Crippen LogP contribution in [-0.4, -0.2) is 5.91 Å². The Balaban J connectivity index is 1.78. The Morgan fingerprint density at radius 2 is 1.81 bits per heavy atom. The van der Waals surface area contributed by atoms with Gasteiger partial charge in [0.25, 0.3) is 5.91 Å². The fourth-order valence-electron chi connectivity index (χ4n) is 2.63. The van der Waals surface area contributed by atoms with Crippen molar-refractivity contribution in [2.45, 2.75) is 13.0 Å². The summed E-state index contributed by atoms with van der Waals surface area (Å²) in [5.41, 5.74) is 1.68. The maximum atomic E-state index is 12.4. The van der Waals surface area contributed by atoms with Crippen LogP contribution >= 0.6 is 11.6 Å². The van der Waals surface area contributed by atoms with Crippen LogP contribution in [0.1, 0.15) is 24.3 Å². The van der Waals surface area contributed by atoms with Crippen molar-refractivity contribution in [3.8, 4) is 17.4 Å². The highest BCUT2D eigenvalue weighted by molar-refractivity contribution is 6.33. The average Bonchev–Trinajstić information content (AvgIpc) is 3.15. The Labute approximate surface area is 162 Å². The molecule has 0 radical (unpaired) electrons. The quantitative estimate of drug-likeness (QED) is 0.480. The summed E-state index contributed by atoms with van der Waals surface area (Å²) >= 11 is 6.18. The summed E-state index contributed by atoms with van der Waals surface area (Å²) in [6, 6.07) is 22.0. The molecule has 0 fully saturated rings. The molecule has 0 spiro atoms. The summed E-state index contributed by atoms with van der Waals surface area (Å²) in [6.45, 7) is 1.87. The number of benzene rings is 2. The van der Waals surface area contributed by atoms with Crippen LogP contribution in [0, 0.1) is 11.3 Å². The molecule has 0 saturated carbocycles. The monoisotopic (exact) mass is 376 g/mol. The zero-order chi connectivity index (χ0) is 19.2. The fourth-order valence-corrected chi connectivity index (χ4v) is 2.86. The van der Waals surface area contributed by atoms with E-state index in [-0.39, 0.29) is 11.6 Å². The number of amides is 1. The lowest BCUT2D eigenvalue weighted by atomic mass is 10.1. The third kappa shape index (κ3) is 4.46. The minimum absolute atomic E-state index is 0.0298. The molecule has 1 N–H and O–H groups in total. The van der Waals surface area contributed by atoms with Crippen LogP contribution in [0.15, 0.2) is 76.7 Å². The Hall–Kier alpha value is -3.29. The van der Waals surface area contributed by atoms with Crippen LogP contribution in [-0.2, 0) is 4.79 Å². The molecule has 0 aliphatic heterocycles. The first-order valence-electron chi connectivity index (χ1n) is 8.41. The van der Waals surface area contributed by atoms with Gasteiger partial charge in [0, 0.05) is 11.6 Å². The van der Waals surface area contributed by atoms with Crippen LogP contribution in [0.5, 0.6) is 0 Å². The molecule has 1 heterocycles. The summed E-state index contributed by atoms with van der Waals surface area (Å²) in [4.78, 5) is 12.4. The molecule has 0 aliphatic rings. The van der Waals surface area contributed by atoms with Crippen LogP contribution < -0.4 is 5.32 Å². The number of nitrogens with one attached hydrogen (secondary N) is 1. The van der Waals surface area contributed by atoms with E-state index < -0.39 is 5.91 Å². The number of furan rings is 1. The number of nitriles is 1. The van der Waals surface area contributed by atoms with Gasteiger partial charge in [0.1, 0.15) is 23.2 Å². The van der Waals surface area contributed by atoms with Crippen molar-refractivity contribution in [3.05, 3.63) is 88.6 Å². The lowest BCUT2D eigenvalue weighted by molar-refractivity contribution is -0.117. The van der Waals surface area contributed by atoms with E-state index in [0.29, 0.717) is 16.5 Å². The van der Waals surface area contributed by atoms with Gasteiger partial charge in [-0.1, -0.05) is 54.1 Å². The van der Waals surface area contributed by atoms with E-state index in [1.807, 2.05) is 61.5 Å². The van der Waals surface area contributed by atoms with Crippen LogP contribution in [0.3, 0.4) is 0 Å².